The molecular formula is C10H7F3N2O2. The second-order valence-electron chi connectivity index (χ2n) is 3.31. The summed E-state index contributed by atoms with van der Waals surface area (Å²) in [6.45, 7) is -1.42. The molecule has 2 aromatic heterocycles. The molecule has 0 saturated heterocycles. The summed E-state index contributed by atoms with van der Waals surface area (Å²) in [6.07, 6.45) is -3.12. The lowest BCUT2D eigenvalue weighted by atomic mass is 10.3. The molecular weight excluding hydrogens is 237 g/mol. The molecule has 0 N–H and O–H groups in total. The van der Waals surface area contributed by atoms with E-state index in [1.807, 2.05) is 0 Å². The van der Waals surface area contributed by atoms with E-state index in [9.17, 15) is 18.0 Å². The molecule has 2 aromatic rings. The minimum absolute atomic E-state index is 0.179. The fraction of sp³-hybridized carbons (Fsp3) is 0.200. The van der Waals surface area contributed by atoms with Crippen molar-refractivity contribution in [2.45, 2.75) is 12.7 Å². The van der Waals surface area contributed by atoms with E-state index in [0.29, 0.717) is 10.4 Å². The summed E-state index contributed by atoms with van der Waals surface area (Å²) in [4.78, 5) is 11.2. The summed E-state index contributed by atoms with van der Waals surface area (Å²) in [7, 11) is 0. The van der Waals surface area contributed by atoms with Crippen LogP contribution >= 0.6 is 0 Å². The zero-order valence-corrected chi connectivity index (χ0v) is 8.44. The van der Waals surface area contributed by atoms with Crippen molar-refractivity contribution in [1.29, 1.82) is 0 Å². The predicted molar refractivity (Wildman–Crippen MR) is 52.3 cm³/mol. The Kier molecular flexibility index (Phi) is 2.74. The normalized spacial score (nSPS) is 11.7. The summed E-state index contributed by atoms with van der Waals surface area (Å²) >= 11 is 0. The van der Waals surface area contributed by atoms with Gasteiger partial charge in [-0.25, -0.2) is 4.68 Å². The van der Waals surface area contributed by atoms with Crippen LogP contribution in [0.3, 0.4) is 0 Å². The first-order valence-corrected chi connectivity index (χ1v) is 4.64. The van der Waals surface area contributed by atoms with Crippen LogP contribution < -0.4 is 5.56 Å². The number of rotatable bonds is 2. The van der Waals surface area contributed by atoms with Crippen LogP contribution in [0.2, 0.25) is 0 Å². The smallest absolute Gasteiger partial charge is 0.408 e. The number of furan rings is 1. The fourth-order valence-corrected chi connectivity index (χ4v) is 1.29. The molecule has 0 bridgehead atoms. The topological polar surface area (TPSA) is 48.0 Å². The SMILES string of the molecule is O=c1ccc(-c2ccco2)nn1CC(F)(F)F. The summed E-state index contributed by atoms with van der Waals surface area (Å²) in [5.74, 6) is 0.306. The monoisotopic (exact) mass is 244 g/mol. The van der Waals surface area contributed by atoms with Crippen LogP contribution in [-0.4, -0.2) is 16.0 Å². The molecule has 0 fully saturated rings. The van der Waals surface area contributed by atoms with E-state index >= 15 is 0 Å². The van der Waals surface area contributed by atoms with Crippen LogP contribution in [0, 0.1) is 0 Å². The van der Waals surface area contributed by atoms with Crippen molar-refractivity contribution in [3.63, 3.8) is 0 Å². The Labute approximate surface area is 93.3 Å². The lowest BCUT2D eigenvalue weighted by Gasteiger charge is -2.08. The maximum atomic E-state index is 12.2. The minimum atomic E-state index is -4.49. The largest absolute Gasteiger partial charge is 0.463 e. The van der Waals surface area contributed by atoms with E-state index < -0.39 is 18.3 Å². The van der Waals surface area contributed by atoms with Gasteiger partial charge in [-0.3, -0.25) is 4.79 Å². The quantitative estimate of drug-likeness (QED) is 0.812. The molecule has 0 aliphatic carbocycles. The number of nitrogens with zero attached hydrogens (tertiary/aromatic N) is 2. The maximum Gasteiger partial charge on any atom is 0.408 e. The predicted octanol–water partition coefficient (Wildman–Crippen LogP) is 2.07. The zero-order valence-electron chi connectivity index (χ0n) is 8.44. The lowest BCUT2D eigenvalue weighted by Crippen LogP contribution is -2.29. The van der Waals surface area contributed by atoms with E-state index in [0.717, 1.165) is 6.07 Å². The van der Waals surface area contributed by atoms with Crippen LogP contribution in [0.25, 0.3) is 11.5 Å². The van der Waals surface area contributed by atoms with Crippen molar-refractivity contribution in [2.24, 2.45) is 0 Å². The first-order valence-electron chi connectivity index (χ1n) is 4.64. The molecule has 7 heteroatoms. The van der Waals surface area contributed by atoms with Crippen molar-refractivity contribution >= 4 is 0 Å². The second kappa shape index (κ2) is 4.08. The third-order valence-electron chi connectivity index (χ3n) is 1.97. The van der Waals surface area contributed by atoms with Gasteiger partial charge in [0.1, 0.15) is 12.2 Å². The third-order valence-corrected chi connectivity index (χ3v) is 1.97. The molecule has 2 heterocycles. The van der Waals surface area contributed by atoms with Gasteiger partial charge in [0.2, 0.25) is 0 Å². The molecule has 0 aromatic carbocycles. The van der Waals surface area contributed by atoms with Gasteiger partial charge < -0.3 is 4.42 Å². The van der Waals surface area contributed by atoms with Gasteiger partial charge in [-0.1, -0.05) is 0 Å². The van der Waals surface area contributed by atoms with E-state index in [1.54, 1.807) is 12.1 Å². The Bertz CT molecular complexity index is 558. The second-order valence-corrected chi connectivity index (χ2v) is 3.31. The molecule has 0 saturated carbocycles. The van der Waals surface area contributed by atoms with Crippen LogP contribution in [0.15, 0.2) is 39.7 Å². The van der Waals surface area contributed by atoms with E-state index in [2.05, 4.69) is 5.10 Å². The molecule has 0 radical (unpaired) electrons. The molecule has 0 atom stereocenters. The Morgan fingerprint density at radius 2 is 2.06 bits per heavy atom. The molecule has 0 spiro atoms. The van der Waals surface area contributed by atoms with Gasteiger partial charge in [-0.2, -0.15) is 18.3 Å². The average molecular weight is 244 g/mol. The van der Waals surface area contributed by atoms with Gasteiger partial charge in [0.25, 0.3) is 5.56 Å². The van der Waals surface area contributed by atoms with Crippen molar-refractivity contribution in [3.05, 3.63) is 40.9 Å². The summed E-state index contributed by atoms with van der Waals surface area (Å²) < 4.78 is 41.9. The molecule has 90 valence electrons. The Morgan fingerprint density at radius 1 is 1.29 bits per heavy atom. The first kappa shape index (κ1) is 11.4. The molecule has 17 heavy (non-hydrogen) atoms. The van der Waals surface area contributed by atoms with Crippen LogP contribution in [-0.2, 0) is 6.54 Å². The Morgan fingerprint density at radius 3 is 2.65 bits per heavy atom. The van der Waals surface area contributed by atoms with Gasteiger partial charge in [-0.05, 0) is 18.2 Å². The third kappa shape index (κ3) is 2.74. The highest BCUT2D eigenvalue weighted by Crippen LogP contribution is 2.18. The maximum absolute atomic E-state index is 12.2. The van der Waals surface area contributed by atoms with Gasteiger partial charge in [0.05, 0.1) is 6.26 Å². The fourth-order valence-electron chi connectivity index (χ4n) is 1.29. The first-order chi connectivity index (χ1) is 7.96. The molecule has 2 rings (SSSR count). The average Bonchev–Trinajstić information content (AvgIpc) is 2.72. The highest BCUT2D eigenvalue weighted by molar-refractivity contribution is 5.50. The van der Waals surface area contributed by atoms with Crippen molar-refractivity contribution in [1.82, 2.24) is 9.78 Å². The van der Waals surface area contributed by atoms with Crippen molar-refractivity contribution in [3.8, 4) is 11.5 Å². The van der Waals surface area contributed by atoms with Crippen molar-refractivity contribution < 1.29 is 17.6 Å². The number of hydrogen-bond donors (Lipinski definition) is 0. The molecule has 0 amide bonds. The van der Waals surface area contributed by atoms with E-state index in [-0.39, 0.29) is 5.69 Å². The van der Waals surface area contributed by atoms with E-state index in [1.165, 1.54) is 12.3 Å². The Hall–Kier alpha value is -2.05. The number of hydrogen-bond acceptors (Lipinski definition) is 3. The summed E-state index contributed by atoms with van der Waals surface area (Å²) in [6, 6.07) is 5.46. The molecule has 0 aliphatic rings. The minimum Gasteiger partial charge on any atom is -0.463 e. The van der Waals surface area contributed by atoms with Gasteiger partial charge in [-0.15, -0.1) is 0 Å². The number of aromatic nitrogens is 2. The number of halogens is 3. The zero-order chi connectivity index (χ0) is 12.5. The lowest BCUT2D eigenvalue weighted by molar-refractivity contribution is -0.143. The van der Waals surface area contributed by atoms with E-state index in [4.69, 9.17) is 4.42 Å². The Balaban J connectivity index is 2.40. The van der Waals surface area contributed by atoms with Crippen LogP contribution in [0.4, 0.5) is 13.2 Å². The van der Waals surface area contributed by atoms with Crippen LogP contribution in [0.5, 0.6) is 0 Å². The standard InChI is InChI=1S/C10H7F3N2O2/c11-10(12,13)6-15-9(16)4-3-7(14-15)8-2-1-5-17-8/h1-5H,6H2. The molecule has 0 aliphatic heterocycles. The molecule has 0 unspecified atom stereocenters. The highest BCUT2D eigenvalue weighted by atomic mass is 19.4. The summed E-state index contributed by atoms with van der Waals surface area (Å²) in [5.41, 5.74) is -0.628. The van der Waals surface area contributed by atoms with Gasteiger partial charge in [0, 0.05) is 6.07 Å². The highest BCUT2D eigenvalue weighted by Gasteiger charge is 2.29. The van der Waals surface area contributed by atoms with Crippen LogP contribution in [0.1, 0.15) is 0 Å². The number of alkyl halides is 3. The van der Waals surface area contributed by atoms with Crippen molar-refractivity contribution in [2.75, 3.05) is 0 Å². The molecule has 4 nitrogen and oxygen atoms in total. The van der Waals surface area contributed by atoms with Gasteiger partial charge >= 0.3 is 6.18 Å². The van der Waals surface area contributed by atoms with Gasteiger partial charge in [0.15, 0.2) is 5.76 Å². The summed E-state index contributed by atoms with van der Waals surface area (Å²) in [5, 5.41) is 3.59.